The fourth-order valence-electron chi connectivity index (χ4n) is 3.71. The molecule has 8 heteroatoms. The zero-order chi connectivity index (χ0) is 19.3. The molecule has 5 rings (SSSR count). The van der Waals surface area contributed by atoms with E-state index < -0.39 is 5.92 Å². The van der Waals surface area contributed by atoms with E-state index in [-0.39, 0.29) is 31.8 Å². The maximum absolute atomic E-state index is 13.3. The highest BCUT2D eigenvalue weighted by Gasteiger charge is 2.35. The second kappa shape index (κ2) is 6.39. The molecule has 3 aromatic rings. The molecular weight excluding hydrogens is 364 g/mol. The molecule has 3 aromatic heterocycles. The number of piperidine rings is 1. The van der Waals surface area contributed by atoms with Crippen molar-refractivity contribution in [2.75, 3.05) is 13.1 Å². The summed E-state index contributed by atoms with van der Waals surface area (Å²) in [5.74, 6) is -2.16. The lowest BCUT2D eigenvalue weighted by atomic mass is 10.1. The number of carbonyl (C=O) groups is 1. The van der Waals surface area contributed by atoms with Gasteiger partial charge in [-0.25, -0.2) is 13.8 Å². The lowest BCUT2D eigenvalue weighted by Crippen LogP contribution is -2.42. The van der Waals surface area contributed by atoms with E-state index in [4.69, 9.17) is 0 Å². The minimum Gasteiger partial charge on any atom is -0.338 e. The minimum absolute atomic E-state index is 0.0745. The normalized spacial score (nSPS) is 19.3. The van der Waals surface area contributed by atoms with Gasteiger partial charge in [0.2, 0.25) is 0 Å². The number of pyridine rings is 1. The second-order valence-corrected chi connectivity index (χ2v) is 7.83. The molecule has 0 aromatic carbocycles. The number of halogens is 2. The van der Waals surface area contributed by atoms with Crippen molar-refractivity contribution < 1.29 is 13.6 Å². The zero-order valence-electron chi connectivity index (χ0n) is 15.4. The van der Waals surface area contributed by atoms with Gasteiger partial charge in [-0.1, -0.05) is 0 Å². The molecule has 2 fully saturated rings. The van der Waals surface area contributed by atoms with Gasteiger partial charge in [0, 0.05) is 56.5 Å². The molecule has 0 atom stereocenters. The van der Waals surface area contributed by atoms with E-state index in [9.17, 15) is 13.6 Å². The van der Waals surface area contributed by atoms with E-state index in [1.54, 1.807) is 6.07 Å². The molecule has 4 heterocycles. The standard InChI is InChI=1S/C20H21F2N5O/c21-20(22)4-7-25(8-5-20)19(28)16-9-15-3-6-27(18(15)23-10-16)17-11-24-26(13-17)12-14-1-2-14/h3,6,9-11,13-14H,1-2,4-5,7-8,12H2. The zero-order valence-corrected chi connectivity index (χ0v) is 15.4. The number of fused-ring (bicyclic) bond motifs is 1. The van der Waals surface area contributed by atoms with Crippen molar-refractivity contribution >= 4 is 16.9 Å². The molecule has 1 aliphatic heterocycles. The van der Waals surface area contributed by atoms with Crippen LogP contribution in [0, 0.1) is 5.92 Å². The van der Waals surface area contributed by atoms with Gasteiger partial charge in [-0.15, -0.1) is 0 Å². The van der Waals surface area contributed by atoms with Crippen LogP contribution in [0.5, 0.6) is 0 Å². The largest absolute Gasteiger partial charge is 0.338 e. The second-order valence-electron chi connectivity index (χ2n) is 7.83. The average Bonchev–Trinajstić information content (AvgIpc) is 3.20. The summed E-state index contributed by atoms with van der Waals surface area (Å²) in [5, 5.41) is 5.26. The van der Waals surface area contributed by atoms with Crippen LogP contribution in [0.4, 0.5) is 8.78 Å². The van der Waals surface area contributed by atoms with Crippen LogP contribution >= 0.6 is 0 Å². The summed E-state index contributed by atoms with van der Waals surface area (Å²) in [6, 6.07) is 3.68. The highest BCUT2D eigenvalue weighted by atomic mass is 19.3. The predicted octanol–water partition coefficient (Wildman–Crippen LogP) is 3.50. The Kier molecular flexibility index (Phi) is 3.96. The topological polar surface area (TPSA) is 56.0 Å². The first-order valence-electron chi connectivity index (χ1n) is 9.66. The van der Waals surface area contributed by atoms with Crippen molar-refractivity contribution in [3.05, 3.63) is 42.5 Å². The van der Waals surface area contributed by atoms with Crippen LogP contribution < -0.4 is 0 Å². The quantitative estimate of drug-likeness (QED) is 0.691. The van der Waals surface area contributed by atoms with Gasteiger partial charge in [0.25, 0.3) is 11.8 Å². The van der Waals surface area contributed by atoms with E-state index in [0.29, 0.717) is 5.56 Å². The number of amides is 1. The summed E-state index contributed by atoms with van der Waals surface area (Å²) in [6.07, 6.45) is 9.24. The summed E-state index contributed by atoms with van der Waals surface area (Å²) >= 11 is 0. The Labute approximate surface area is 160 Å². The van der Waals surface area contributed by atoms with Gasteiger partial charge in [0.15, 0.2) is 0 Å². The van der Waals surface area contributed by atoms with Crippen molar-refractivity contribution in [3.8, 4) is 5.69 Å². The molecule has 1 amide bonds. The number of alkyl halides is 2. The van der Waals surface area contributed by atoms with Crippen molar-refractivity contribution in [2.24, 2.45) is 5.92 Å². The highest BCUT2D eigenvalue weighted by molar-refractivity contribution is 5.97. The van der Waals surface area contributed by atoms with Gasteiger partial charge in [-0.3, -0.25) is 14.0 Å². The lowest BCUT2D eigenvalue weighted by Gasteiger charge is -2.31. The fraction of sp³-hybridized carbons (Fsp3) is 0.450. The molecule has 0 bridgehead atoms. The van der Waals surface area contributed by atoms with Crippen LogP contribution in [0.2, 0.25) is 0 Å². The predicted molar refractivity (Wildman–Crippen MR) is 99.7 cm³/mol. The Morgan fingerprint density at radius 2 is 2.00 bits per heavy atom. The van der Waals surface area contributed by atoms with E-state index in [1.807, 2.05) is 33.9 Å². The smallest absolute Gasteiger partial charge is 0.255 e. The number of likely N-dealkylation sites (tertiary alicyclic amines) is 1. The van der Waals surface area contributed by atoms with Gasteiger partial charge in [-0.05, 0) is 30.9 Å². The molecule has 146 valence electrons. The van der Waals surface area contributed by atoms with E-state index in [2.05, 4.69) is 10.1 Å². The number of aromatic nitrogens is 4. The average molecular weight is 385 g/mol. The minimum atomic E-state index is -2.67. The van der Waals surface area contributed by atoms with Crippen molar-refractivity contribution in [2.45, 2.75) is 38.2 Å². The van der Waals surface area contributed by atoms with Crippen molar-refractivity contribution in [1.29, 1.82) is 0 Å². The summed E-state index contributed by atoms with van der Waals surface area (Å²) in [6.45, 7) is 1.09. The number of hydrogen-bond acceptors (Lipinski definition) is 3. The van der Waals surface area contributed by atoms with Gasteiger partial charge in [-0.2, -0.15) is 5.10 Å². The molecule has 0 spiro atoms. The molecule has 0 radical (unpaired) electrons. The Balaban J connectivity index is 1.37. The Morgan fingerprint density at radius 1 is 1.21 bits per heavy atom. The molecule has 0 N–H and O–H groups in total. The van der Waals surface area contributed by atoms with Crippen molar-refractivity contribution in [3.63, 3.8) is 0 Å². The third-order valence-electron chi connectivity index (χ3n) is 5.60. The van der Waals surface area contributed by atoms with Crippen molar-refractivity contribution in [1.82, 2.24) is 24.2 Å². The Morgan fingerprint density at radius 3 is 2.75 bits per heavy atom. The molecule has 1 saturated heterocycles. The summed E-state index contributed by atoms with van der Waals surface area (Å²) in [5.41, 5.74) is 2.10. The fourth-order valence-corrected chi connectivity index (χ4v) is 3.71. The molecule has 0 unspecified atom stereocenters. The van der Waals surface area contributed by atoms with E-state index >= 15 is 0 Å². The summed E-state index contributed by atoms with van der Waals surface area (Å²) in [4.78, 5) is 18.6. The van der Waals surface area contributed by atoms with Gasteiger partial charge in [0.05, 0.1) is 17.4 Å². The third kappa shape index (κ3) is 3.27. The van der Waals surface area contributed by atoms with E-state index in [1.165, 1.54) is 23.9 Å². The third-order valence-corrected chi connectivity index (χ3v) is 5.60. The summed E-state index contributed by atoms with van der Waals surface area (Å²) < 4.78 is 30.6. The lowest BCUT2D eigenvalue weighted by molar-refractivity contribution is -0.0494. The molecule has 6 nitrogen and oxygen atoms in total. The van der Waals surface area contributed by atoms with Crippen LogP contribution in [-0.2, 0) is 6.54 Å². The first-order valence-corrected chi connectivity index (χ1v) is 9.66. The molecule has 1 saturated carbocycles. The Bertz CT molecular complexity index is 1030. The maximum atomic E-state index is 13.3. The number of nitrogens with zero attached hydrogens (tertiary/aromatic N) is 5. The number of rotatable bonds is 4. The molecule has 2 aliphatic rings. The molecule has 28 heavy (non-hydrogen) atoms. The first kappa shape index (κ1) is 17.3. The van der Waals surface area contributed by atoms with Crippen LogP contribution in [0.25, 0.3) is 16.7 Å². The SMILES string of the molecule is O=C(c1cnc2c(ccn2-c2cnn(CC3CC3)c2)c1)N1CCC(F)(F)CC1. The van der Waals surface area contributed by atoms with Crippen LogP contribution in [0.1, 0.15) is 36.0 Å². The Hall–Kier alpha value is -2.77. The van der Waals surface area contributed by atoms with Crippen LogP contribution in [0.3, 0.4) is 0 Å². The summed E-state index contributed by atoms with van der Waals surface area (Å²) in [7, 11) is 0. The van der Waals surface area contributed by atoms with Crippen LogP contribution in [0.15, 0.2) is 36.9 Å². The van der Waals surface area contributed by atoms with Crippen LogP contribution in [-0.4, -0.2) is 49.2 Å². The first-order chi connectivity index (χ1) is 13.5. The van der Waals surface area contributed by atoms with Gasteiger partial charge in [0.1, 0.15) is 5.65 Å². The van der Waals surface area contributed by atoms with E-state index in [0.717, 1.165) is 29.2 Å². The molecule has 1 aliphatic carbocycles. The maximum Gasteiger partial charge on any atom is 0.255 e. The molecular formula is C20H21F2N5O. The van der Waals surface area contributed by atoms with Gasteiger partial charge >= 0.3 is 0 Å². The number of hydrogen-bond donors (Lipinski definition) is 0. The highest BCUT2D eigenvalue weighted by Crippen LogP contribution is 2.31. The monoisotopic (exact) mass is 385 g/mol. The number of carbonyl (C=O) groups excluding carboxylic acids is 1. The van der Waals surface area contributed by atoms with Gasteiger partial charge < -0.3 is 4.90 Å².